The molecule has 2 amide bonds. The Kier molecular flexibility index (Phi) is 6.40. The monoisotopic (exact) mass is 408 g/mol. The summed E-state index contributed by atoms with van der Waals surface area (Å²) >= 11 is 9.56. The number of hydrogen-bond acceptors (Lipinski definition) is 2. The lowest BCUT2D eigenvalue weighted by molar-refractivity contribution is 0.0773. The van der Waals surface area contributed by atoms with Crippen molar-refractivity contribution in [2.24, 2.45) is 0 Å². The Morgan fingerprint density at radius 2 is 1.71 bits per heavy atom. The zero-order valence-electron chi connectivity index (χ0n) is 13.5. The molecular weight excluding hydrogens is 392 g/mol. The fourth-order valence-electron chi connectivity index (χ4n) is 2.25. The standard InChI is InChI=1S/C18H18BrClN2O2/c1-3-22(4-2)18(24)15-10-9-14(11-16(15)20)21-17(23)12-5-7-13(19)8-6-12/h5-11H,3-4H2,1-2H3,(H,21,23). The van der Waals surface area contributed by atoms with Gasteiger partial charge in [0.15, 0.2) is 0 Å². The number of amides is 2. The van der Waals surface area contributed by atoms with Crippen molar-refractivity contribution in [2.45, 2.75) is 13.8 Å². The van der Waals surface area contributed by atoms with Crippen molar-refractivity contribution in [3.8, 4) is 0 Å². The van der Waals surface area contributed by atoms with Crippen LogP contribution >= 0.6 is 27.5 Å². The van der Waals surface area contributed by atoms with E-state index in [1.54, 1.807) is 47.4 Å². The van der Waals surface area contributed by atoms with Crippen LogP contribution in [0.2, 0.25) is 5.02 Å². The van der Waals surface area contributed by atoms with Crippen molar-refractivity contribution >= 4 is 45.0 Å². The van der Waals surface area contributed by atoms with Crippen molar-refractivity contribution in [1.29, 1.82) is 0 Å². The smallest absolute Gasteiger partial charge is 0.255 e. The quantitative estimate of drug-likeness (QED) is 0.768. The maximum absolute atomic E-state index is 12.4. The maximum atomic E-state index is 12.4. The second kappa shape index (κ2) is 8.31. The number of carbonyl (C=O) groups excluding carboxylic acids is 2. The SMILES string of the molecule is CCN(CC)C(=O)c1ccc(NC(=O)c2ccc(Br)cc2)cc1Cl. The molecule has 0 aromatic heterocycles. The van der Waals surface area contributed by atoms with Crippen LogP contribution in [0.5, 0.6) is 0 Å². The van der Waals surface area contributed by atoms with Crippen LogP contribution in [0, 0.1) is 0 Å². The topological polar surface area (TPSA) is 49.4 Å². The van der Waals surface area contributed by atoms with Gasteiger partial charge in [-0.3, -0.25) is 9.59 Å². The zero-order valence-corrected chi connectivity index (χ0v) is 15.8. The van der Waals surface area contributed by atoms with E-state index >= 15 is 0 Å². The summed E-state index contributed by atoms with van der Waals surface area (Å²) in [5, 5.41) is 3.10. The van der Waals surface area contributed by atoms with Gasteiger partial charge in [-0.15, -0.1) is 0 Å². The molecular formula is C18H18BrClN2O2. The molecule has 2 aromatic rings. The average Bonchev–Trinajstić information content (AvgIpc) is 2.56. The molecule has 0 atom stereocenters. The molecule has 2 aromatic carbocycles. The Morgan fingerprint density at radius 1 is 1.08 bits per heavy atom. The molecule has 0 saturated heterocycles. The second-order valence-electron chi connectivity index (χ2n) is 5.13. The van der Waals surface area contributed by atoms with Gasteiger partial charge in [0, 0.05) is 28.8 Å². The van der Waals surface area contributed by atoms with Crippen LogP contribution in [0.25, 0.3) is 0 Å². The number of nitrogens with zero attached hydrogens (tertiary/aromatic N) is 1. The highest BCUT2D eigenvalue weighted by Gasteiger charge is 2.16. The number of hydrogen-bond donors (Lipinski definition) is 1. The number of benzene rings is 2. The van der Waals surface area contributed by atoms with Gasteiger partial charge in [0.05, 0.1) is 10.6 Å². The molecule has 24 heavy (non-hydrogen) atoms. The summed E-state index contributed by atoms with van der Waals surface area (Å²) in [6.07, 6.45) is 0. The van der Waals surface area contributed by atoms with E-state index in [1.807, 2.05) is 13.8 Å². The van der Waals surface area contributed by atoms with Gasteiger partial charge in [0.2, 0.25) is 0 Å². The van der Waals surface area contributed by atoms with E-state index in [2.05, 4.69) is 21.2 Å². The van der Waals surface area contributed by atoms with Crippen molar-refractivity contribution in [3.05, 3.63) is 63.1 Å². The van der Waals surface area contributed by atoms with Crippen LogP contribution in [-0.2, 0) is 0 Å². The van der Waals surface area contributed by atoms with E-state index in [9.17, 15) is 9.59 Å². The largest absolute Gasteiger partial charge is 0.339 e. The number of carbonyl (C=O) groups is 2. The number of nitrogens with one attached hydrogen (secondary N) is 1. The Labute approximate surface area is 154 Å². The summed E-state index contributed by atoms with van der Waals surface area (Å²) in [5.74, 6) is -0.350. The average molecular weight is 410 g/mol. The number of rotatable bonds is 5. The molecule has 0 aliphatic carbocycles. The van der Waals surface area contributed by atoms with Gasteiger partial charge >= 0.3 is 0 Å². The van der Waals surface area contributed by atoms with Crippen molar-refractivity contribution in [1.82, 2.24) is 4.90 Å². The van der Waals surface area contributed by atoms with E-state index < -0.39 is 0 Å². The third-order valence-electron chi connectivity index (χ3n) is 3.61. The summed E-state index contributed by atoms with van der Waals surface area (Å²) in [5.41, 5.74) is 1.52. The number of anilines is 1. The highest BCUT2D eigenvalue weighted by Crippen LogP contribution is 2.23. The van der Waals surface area contributed by atoms with Crippen LogP contribution in [-0.4, -0.2) is 29.8 Å². The maximum Gasteiger partial charge on any atom is 0.255 e. The van der Waals surface area contributed by atoms with Crippen molar-refractivity contribution < 1.29 is 9.59 Å². The van der Waals surface area contributed by atoms with Crippen LogP contribution in [0.3, 0.4) is 0 Å². The normalized spacial score (nSPS) is 10.3. The molecule has 0 aliphatic heterocycles. The molecule has 0 spiro atoms. The molecule has 0 heterocycles. The summed E-state index contributed by atoms with van der Waals surface area (Å²) in [7, 11) is 0. The lowest BCUT2D eigenvalue weighted by atomic mass is 10.1. The molecule has 0 bridgehead atoms. The molecule has 126 valence electrons. The summed E-state index contributed by atoms with van der Waals surface area (Å²) in [6, 6.07) is 12.0. The van der Waals surface area contributed by atoms with Gasteiger partial charge in [-0.25, -0.2) is 0 Å². The van der Waals surface area contributed by atoms with Crippen LogP contribution in [0.4, 0.5) is 5.69 Å². The van der Waals surface area contributed by atoms with E-state index in [0.717, 1.165) is 4.47 Å². The molecule has 0 radical (unpaired) electrons. The van der Waals surface area contributed by atoms with Gasteiger partial charge < -0.3 is 10.2 Å². The predicted molar refractivity (Wildman–Crippen MR) is 101 cm³/mol. The first-order chi connectivity index (χ1) is 11.5. The highest BCUT2D eigenvalue weighted by molar-refractivity contribution is 9.10. The van der Waals surface area contributed by atoms with Crippen LogP contribution < -0.4 is 5.32 Å². The molecule has 2 rings (SSSR count). The van der Waals surface area contributed by atoms with Gasteiger partial charge in [0.25, 0.3) is 11.8 Å². The minimum atomic E-state index is -0.235. The Hall–Kier alpha value is -1.85. The molecule has 0 saturated carbocycles. The third kappa shape index (κ3) is 4.36. The Morgan fingerprint density at radius 3 is 2.25 bits per heavy atom. The minimum absolute atomic E-state index is 0.115. The van der Waals surface area contributed by atoms with E-state index in [0.29, 0.717) is 34.9 Å². The minimum Gasteiger partial charge on any atom is -0.339 e. The van der Waals surface area contributed by atoms with Gasteiger partial charge in [-0.2, -0.15) is 0 Å². The first-order valence-corrected chi connectivity index (χ1v) is 8.79. The molecule has 4 nitrogen and oxygen atoms in total. The fraction of sp³-hybridized carbons (Fsp3) is 0.222. The van der Waals surface area contributed by atoms with E-state index in [4.69, 9.17) is 11.6 Å². The molecule has 0 fully saturated rings. The van der Waals surface area contributed by atoms with Gasteiger partial charge in [-0.1, -0.05) is 27.5 Å². The molecule has 0 aliphatic rings. The summed E-state index contributed by atoms with van der Waals surface area (Å²) in [4.78, 5) is 26.3. The van der Waals surface area contributed by atoms with E-state index in [1.165, 1.54) is 0 Å². The highest BCUT2D eigenvalue weighted by atomic mass is 79.9. The fourth-order valence-corrected chi connectivity index (χ4v) is 2.78. The summed E-state index contributed by atoms with van der Waals surface area (Å²) in [6.45, 7) is 5.08. The van der Waals surface area contributed by atoms with Crippen LogP contribution in [0.15, 0.2) is 46.9 Å². The lowest BCUT2D eigenvalue weighted by Gasteiger charge is -2.19. The Balaban J connectivity index is 2.16. The number of halogens is 2. The van der Waals surface area contributed by atoms with Crippen molar-refractivity contribution in [3.63, 3.8) is 0 Å². The first kappa shape index (κ1) is 18.5. The lowest BCUT2D eigenvalue weighted by Crippen LogP contribution is -2.30. The van der Waals surface area contributed by atoms with Gasteiger partial charge in [0.1, 0.15) is 0 Å². The van der Waals surface area contributed by atoms with Crippen molar-refractivity contribution in [2.75, 3.05) is 18.4 Å². The first-order valence-electron chi connectivity index (χ1n) is 7.62. The van der Waals surface area contributed by atoms with E-state index in [-0.39, 0.29) is 11.8 Å². The summed E-state index contributed by atoms with van der Waals surface area (Å²) < 4.78 is 0.904. The second-order valence-corrected chi connectivity index (χ2v) is 6.46. The van der Waals surface area contributed by atoms with Crippen LogP contribution in [0.1, 0.15) is 34.6 Å². The Bertz CT molecular complexity index is 743. The zero-order chi connectivity index (χ0) is 17.7. The molecule has 6 heteroatoms. The molecule has 1 N–H and O–H groups in total. The van der Waals surface area contributed by atoms with Gasteiger partial charge in [-0.05, 0) is 56.3 Å². The molecule has 0 unspecified atom stereocenters. The third-order valence-corrected chi connectivity index (χ3v) is 4.46. The predicted octanol–water partition coefficient (Wildman–Crippen LogP) is 4.84.